The van der Waals surface area contributed by atoms with E-state index in [4.69, 9.17) is 28.6 Å². The van der Waals surface area contributed by atoms with Crippen LogP contribution < -0.4 is 15.0 Å². The van der Waals surface area contributed by atoms with Gasteiger partial charge in [-0.15, -0.1) is 0 Å². The van der Waals surface area contributed by atoms with Gasteiger partial charge in [0.2, 0.25) is 0 Å². The fraction of sp³-hybridized carbons (Fsp3) is 0.0870. The molecule has 3 aromatic rings. The van der Waals surface area contributed by atoms with E-state index in [9.17, 15) is 9.59 Å². The summed E-state index contributed by atoms with van der Waals surface area (Å²) in [4.78, 5) is 27.2. The Morgan fingerprint density at radius 1 is 1.06 bits per heavy atom. The summed E-state index contributed by atoms with van der Waals surface area (Å²) in [6.45, 7) is 2.37. The minimum Gasteiger partial charge on any atom is -0.494 e. The number of carbonyl (C=O) groups excluding carboxylic acids is 2. The highest BCUT2D eigenvalue weighted by atomic mass is 35.5. The number of rotatable bonds is 5. The summed E-state index contributed by atoms with van der Waals surface area (Å²) in [5.74, 6) is -0.447. The first-order valence-electron chi connectivity index (χ1n) is 9.55. The van der Waals surface area contributed by atoms with Crippen LogP contribution >= 0.6 is 23.8 Å². The molecule has 31 heavy (non-hydrogen) atoms. The molecule has 0 spiro atoms. The van der Waals surface area contributed by atoms with E-state index in [1.807, 2.05) is 42.0 Å². The Bertz CT molecular complexity index is 1200. The Balaban J connectivity index is 1.72. The lowest BCUT2D eigenvalue weighted by molar-refractivity contribution is -0.122. The highest BCUT2D eigenvalue weighted by molar-refractivity contribution is 7.80. The highest BCUT2D eigenvalue weighted by Crippen LogP contribution is 2.26. The van der Waals surface area contributed by atoms with Gasteiger partial charge in [0.25, 0.3) is 11.8 Å². The summed E-state index contributed by atoms with van der Waals surface area (Å²) >= 11 is 11.3. The number of carbonyl (C=O) groups is 2. The summed E-state index contributed by atoms with van der Waals surface area (Å²) in [6, 6.07) is 17.9. The van der Waals surface area contributed by atoms with Crippen LogP contribution in [0.25, 0.3) is 11.8 Å². The van der Waals surface area contributed by atoms with Gasteiger partial charge in [-0.25, -0.2) is 0 Å². The van der Waals surface area contributed by atoms with Crippen molar-refractivity contribution in [2.45, 2.75) is 6.92 Å². The first-order valence-corrected chi connectivity index (χ1v) is 10.3. The van der Waals surface area contributed by atoms with Crippen LogP contribution in [0, 0.1) is 0 Å². The van der Waals surface area contributed by atoms with E-state index >= 15 is 0 Å². The van der Waals surface area contributed by atoms with Crippen molar-refractivity contribution in [2.24, 2.45) is 0 Å². The molecule has 6 nitrogen and oxygen atoms in total. The van der Waals surface area contributed by atoms with Gasteiger partial charge in [-0.3, -0.25) is 19.8 Å². The SMILES string of the molecule is CCOc1cccc(N2C(=O)C(=Cc3cccn3-c3ccc(Cl)cc3)C(=O)NC2=S)c1. The molecule has 0 bridgehead atoms. The molecule has 156 valence electrons. The van der Waals surface area contributed by atoms with Crippen LogP contribution in [-0.4, -0.2) is 28.1 Å². The summed E-state index contributed by atoms with van der Waals surface area (Å²) in [5, 5.41) is 3.24. The number of aromatic nitrogens is 1. The fourth-order valence-corrected chi connectivity index (χ4v) is 3.67. The molecule has 0 aliphatic carbocycles. The van der Waals surface area contributed by atoms with E-state index in [-0.39, 0.29) is 10.7 Å². The second-order valence-electron chi connectivity index (χ2n) is 6.67. The normalized spacial score (nSPS) is 15.4. The van der Waals surface area contributed by atoms with Crippen molar-refractivity contribution in [1.29, 1.82) is 0 Å². The van der Waals surface area contributed by atoms with Crippen molar-refractivity contribution in [3.05, 3.63) is 83.2 Å². The molecule has 1 fully saturated rings. The lowest BCUT2D eigenvalue weighted by Gasteiger charge is -2.29. The van der Waals surface area contributed by atoms with Gasteiger partial charge < -0.3 is 9.30 Å². The second kappa shape index (κ2) is 8.75. The highest BCUT2D eigenvalue weighted by Gasteiger charge is 2.34. The molecule has 0 unspecified atom stereocenters. The minimum absolute atomic E-state index is 0.0221. The van der Waals surface area contributed by atoms with Crippen LogP contribution in [0.1, 0.15) is 12.6 Å². The fourth-order valence-electron chi connectivity index (χ4n) is 3.27. The van der Waals surface area contributed by atoms with Gasteiger partial charge in [-0.2, -0.15) is 0 Å². The van der Waals surface area contributed by atoms with Gasteiger partial charge in [0.1, 0.15) is 11.3 Å². The van der Waals surface area contributed by atoms with Gasteiger partial charge in [-0.05, 0) is 73.7 Å². The topological polar surface area (TPSA) is 63.6 Å². The van der Waals surface area contributed by atoms with Crippen molar-refractivity contribution in [3.63, 3.8) is 0 Å². The maximum atomic E-state index is 13.3. The molecule has 4 rings (SSSR count). The number of nitrogens with zero attached hydrogens (tertiary/aromatic N) is 2. The van der Waals surface area contributed by atoms with E-state index in [1.54, 1.807) is 42.5 Å². The zero-order valence-corrected chi connectivity index (χ0v) is 18.1. The Morgan fingerprint density at radius 3 is 2.58 bits per heavy atom. The van der Waals surface area contributed by atoms with Crippen molar-refractivity contribution >= 4 is 52.5 Å². The van der Waals surface area contributed by atoms with Crippen molar-refractivity contribution < 1.29 is 14.3 Å². The van der Waals surface area contributed by atoms with E-state index in [0.717, 1.165) is 5.69 Å². The zero-order chi connectivity index (χ0) is 22.0. The van der Waals surface area contributed by atoms with Gasteiger partial charge in [0.05, 0.1) is 12.3 Å². The first kappa shape index (κ1) is 20.8. The molecule has 1 aromatic heterocycles. The average Bonchev–Trinajstić information content (AvgIpc) is 3.20. The lowest BCUT2D eigenvalue weighted by Crippen LogP contribution is -2.54. The molecule has 8 heteroatoms. The van der Waals surface area contributed by atoms with Gasteiger partial charge >= 0.3 is 0 Å². The maximum absolute atomic E-state index is 13.3. The van der Waals surface area contributed by atoms with E-state index < -0.39 is 11.8 Å². The summed E-state index contributed by atoms with van der Waals surface area (Å²) < 4.78 is 7.38. The number of hydrogen-bond acceptors (Lipinski definition) is 4. The number of amides is 2. The van der Waals surface area contributed by atoms with Crippen molar-refractivity contribution in [1.82, 2.24) is 9.88 Å². The van der Waals surface area contributed by atoms with Crippen molar-refractivity contribution in [3.8, 4) is 11.4 Å². The molecular formula is C23H18ClN3O3S. The third kappa shape index (κ3) is 4.23. The molecule has 2 amide bonds. The average molecular weight is 452 g/mol. The first-order chi connectivity index (χ1) is 15.0. The van der Waals surface area contributed by atoms with Gasteiger partial charge in [-0.1, -0.05) is 17.7 Å². The van der Waals surface area contributed by atoms with Crippen molar-refractivity contribution in [2.75, 3.05) is 11.5 Å². The molecule has 1 saturated heterocycles. The third-order valence-electron chi connectivity index (χ3n) is 4.67. The molecule has 0 radical (unpaired) electrons. The number of benzene rings is 2. The molecule has 2 aromatic carbocycles. The Morgan fingerprint density at radius 2 is 1.84 bits per heavy atom. The second-order valence-corrected chi connectivity index (χ2v) is 7.49. The standard InChI is InChI=1S/C23H18ClN3O3S/c1-2-30-19-7-3-5-18(13-19)27-22(29)20(21(28)25-23(27)31)14-17-6-4-12-26(17)16-10-8-15(24)9-11-16/h3-14H,2H2,1H3,(H,25,28,31). The summed E-state index contributed by atoms with van der Waals surface area (Å²) in [7, 11) is 0. The summed E-state index contributed by atoms with van der Waals surface area (Å²) in [6.07, 6.45) is 3.39. The van der Waals surface area contributed by atoms with Crippen LogP contribution in [0.4, 0.5) is 5.69 Å². The Labute approximate surface area is 189 Å². The molecule has 2 heterocycles. The predicted octanol–water partition coefficient (Wildman–Crippen LogP) is 4.36. The van der Waals surface area contributed by atoms with Gasteiger partial charge in [0.15, 0.2) is 5.11 Å². The number of nitrogens with one attached hydrogen (secondary N) is 1. The Hall–Kier alpha value is -3.42. The predicted molar refractivity (Wildman–Crippen MR) is 125 cm³/mol. The van der Waals surface area contributed by atoms with E-state index in [0.29, 0.717) is 28.8 Å². The molecule has 1 aliphatic rings. The van der Waals surface area contributed by atoms with Crippen LogP contribution in [0.5, 0.6) is 5.75 Å². The molecular weight excluding hydrogens is 434 g/mol. The number of halogens is 1. The molecule has 0 atom stereocenters. The van der Waals surface area contributed by atoms with Crippen LogP contribution in [-0.2, 0) is 9.59 Å². The third-order valence-corrected chi connectivity index (χ3v) is 5.20. The van der Waals surface area contributed by atoms with E-state index in [2.05, 4.69) is 5.32 Å². The lowest BCUT2D eigenvalue weighted by atomic mass is 10.1. The van der Waals surface area contributed by atoms with E-state index in [1.165, 1.54) is 4.90 Å². The molecule has 0 saturated carbocycles. The number of ether oxygens (including phenoxy) is 1. The quantitative estimate of drug-likeness (QED) is 0.355. The number of anilines is 1. The smallest absolute Gasteiger partial charge is 0.270 e. The summed E-state index contributed by atoms with van der Waals surface area (Å²) in [5.41, 5.74) is 2.00. The maximum Gasteiger partial charge on any atom is 0.270 e. The zero-order valence-electron chi connectivity index (χ0n) is 16.5. The van der Waals surface area contributed by atoms with Gasteiger partial charge in [0, 0.05) is 28.7 Å². The Kier molecular flexibility index (Phi) is 5.88. The number of hydrogen-bond donors (Lipinski definition) is 1. The van der Waals surface area contributed by atoms with Crippen LogP contribution in [0.15, 0.2) is 72.4 Å². The molecule has 1 N–H and O–H groups in total. The monoisotopic (exact) mass is 451 g/mol. The number of thiocarbonyl (C=S) groups is 1. The minimum atomic E-state index is -0.545. The van der Waals surface area contributed by atoms with Crippen LogP contribution in [0.2, 0.25) is 5.02 Å². The van der Waals surface area contributed by atoms with Crippen LogP contribution in [0.3, 0.4) is 0 Å². The largest absolute Gasteiger partial charge is 0.494 e. The molecule has 1 aliphatic heterocycles.